The maximum Gasteiger partial charge on any atom is 0.0951 e. The minimum absolute atomic E-state index is 0.171. The molecule has 0 amide bonds. The lowest BCUT2D eigenvalue weighted by Gasteiger charge is -2.28. The Bertz CT molecular complexity index is 553. The van der Waals surface area contributed by atoms with Crippen LogP contribution < -0.4 is 11.1 Å². The quantitative estimate of drug-likeness (QED) is 0.604. The molecule has 5 N–H and O–H groups in total. The number of hydrogen-bond donors (Lipinski definition) is 4. The van der Waals surface area contributed by atoms with Gasteiger partial charge in [0.1, 0.15) is 0 Å². The van der Waals surface area contributed by atoms with Crippen LogP contribution in [-0.2, 0) is 0 Å². The number of anilines is 2. The molecule has 5 nitrogen and oxygen atoms in total. The molecular weight excluding hydrogens is 230 g/mol. The highest BCUT2D eigenvalue weighted by Crippen LogP contribution is 2.27. The Labute approximate surface area is 105 Å². The molecule has 1 aromatic carbocycles. The Morgan fingerprint density at radius 3 is 2.67 bits per heavy atom. The average molecular weight is 247 g/mol. The summed E-state index contributed by atoms with van der Waals surface area (Å²) in [5.41, 5.74) is 7.19. The van der Waals surface area contributed by atoms with Crippen LogP contribution in [0.1, 0.15) is 6.92 Å². The van der Waals surface area contributed by atoms with Gasteiger partial charge in [-0.25, -0.2) is 0 Å². The van der Waals surface area contributed by atoms with Crippen molar-refractivity contribution in [3.63, 3.8) is 0 Å². The van der Waals surface area contributed by atoms with E-state index in [-0.39, 0.29) is 13.2 Å². The Kier molecular flexibility index (Phi) is 3.36. The topological polar surface area (TPSA) is 91.4 Å². The molecular formula is C13H17N3O2. The molecule has 2 rings (SSSR count). The van der Waals surface area contributed by atoms with Gasteiger partial charge in [0, 0.05) is 17.3 Å². The highest BCUT2D eigenvalue weighted by molar-refractivity contribution is 5.97. The molecule has 0 bridgehead atoms. The van der Waals surface area contributed by atoms with Crippen molar-refractivity contribution in [2.45, 2.75) is 12.5 Å². The van der Waals surface area contributed by atoms with Gasteiger partial charge in [0.15, 0.2) is 0 Å². The number of hydrogen-bond acceptors (Lipinski definition) is 5. The normalized spacial score (nSPS) is 11.7. The standard InChI is InChI=1S/C13H17N3O2/c1-13(7-17,8-18)16-11-5-6-15-12-9(11)3-2-4-10(12)14/h2-6,17-18H,7-8,14H2,1H3,(H,15,16). The van der Waals surface area contributed by atoms with Crippen LogP contribution in [0.3, 0.4) is 0 Å². The first kappa shape index (κ1) is 12.6. The van der Waals surface area contributed by atoms with E-state index in [0.29, 0.717) is 11.2 Å². The van der Waals surface area contributed by atoms with E-state index in [0.717, 1.165) is 11.1 Å². The van der Waals surface area contributed by atoms with E-state index in [4.69, 9.17) is 5.73 Å². The molecule has 96 valence electrons. The van der Waals surface area contributed by atoms with E-state index in [1.54, 1.807) is 25.3 Å². The number of benzene rings is 1. The zero-order valence-electron chi connectivity index (χ0n) is 10.2. The van der Waals surface area contributed by atoms with E-state index >= 15 is 0 Å². The molecule has 1 heterocycles. The second-order valence-corrected chi connectivity index (χ2v) is 4.60. The monoisotopic (exact) mass is 247 g/mol. The largest absolute Gasteiger partial charge is 0.397 e. The van der Waals surface area contributed by atoms with Crippen molar-refractivity contribution in [1.82, 2.24) is 4.98 Å². The van der Waals surface area contributed by atoms with Crippen molar-refractivity contribution in [2.75, 3.05) is 24.3 Å². The number of nitrogens with one attached hydrogen (secondary N) is 1. The Morgan fingerprint density at radius 1 is 1.28 bits per heavy atom. The van der Waals surface area contributed by atoms with Crippen molar-refractivity contribution in [1.29, 1.82) is 0 Å². The molecule has 18 heavy (non-hydrogen) atoms. The summed E-state index contributed by atoms with van der Waals surface area (Å²) in [7, 11) is 0. The van der Waals surface area contributed by atoms with Crippen LogP contribution in [0.4, 0.5) is 11.4 Å². The first-order valence-corrected chi connectivity index (χ1v) is 5.73. The number of para-hydroxylation sites is 1. The average Bonchev–Trinajstić information content (AvgIpc) is 2.40. The second-order valence-electron chi connectivity index (χ2n) is 4.60. The van der Waals surface area contributed by atoms with Gasteiger partial charge >= 0.3 is 0 Å². The minimum Gasteiger partial charge on any atom is -0.397 e. The van der Waals surface area contributed by atoms with Crippen molar-refractivity contribution < 1.29 is 10.2 Å². The van der Waals surface area contributed by atoms with E-state index < -0.39 is 5.54 Å². The fraction of sp³-hybridized carbons (Fsp3) is 0.308. The number of rotatable bonds is 4. The van der Waals surface area contributed by atoms with E-state index in [1.165, 1.54) is 0 Å². The fourth-order valence-corrected chi connectivity index (χ4v) is 1.76. The summed E-state index contributed by atoms with van der Waals surface area (Å²) < 4.78 is 0. The summed E-state index contributed by atoms with van der Waals surface area (Å²) in [6, 6.07) is 7.33. The first-order valence-electron chi connectivity index (χ1n) is 5.73. The molecule has 2 aromatic rings. The Hall–Kier alpha value is -1.85. The molecule has 0 saturated carbocycles. The number of fused-ring (bicyclic) bond motifs is 1. The third-order valence-electron chi connectivity index (χ3n) is 2.94. The van der Waals surface area contributed by atoms with Crippen molar-refractivity contribution in [2.24, 2.45) is 0 Å². The number of nitrogen functional groups attached to an aromatic ring is 1. The molecule has 5 heteroatoms. The lowest BCUT2D eigenvalue weighted by Crippen LogP contribution is -2.42. The zero-order chi connectivity index (χ0) is 13.2. The molecule has 0 fully saturated rings. The smallest absolute Gasteiger partial charge is 0.0951 e. The summed E-state index contributed by atoms with van der Waals surface area (Å²) in [6.45, 7) is 1.40. The molecule has 0 spiro atoms. The van der Waals surface area contributed by atoms with Gasteiger partial charge in [-0.15, -0.1) is 0 Å². The van der Waals surface area contributed by atoms with Crippen molar-refractivity contribution in [3.05, 3.63) is 30.5 Å². The number of aliphatic hydroxyl groups excluding tert-OH is 2. The van der Waals surface area contributed by atoms with Crippen molar-refractivity contribution >= 4 is 22.3 Å². The molecule has 0 unspecified atom stereocenters. The fourth-order valence-electron chi connectivity index (χ4n) is 1.76. The lowest BCUT2D eigenvalue weighted by atomic mass is 10.0. The Balaban J connectivity index is 2.49. The Morgan fingerprint density at radius 2 is 2.00 bits per heavy atom. The summed E-state index contributed by atoms with van der Waals surface area (Å²) in [5.74, 6) is 0. The van der Waals surface area contributed by atoms with E-state index in [9.17, 15) is 10.2 Å². The number of nitrogens with zero attached hydrogens (tertiary/aromatic N) is 1. The van der Waals surface area contributed by atoms with Gasteiger partial charge in [-0.05, 0) is 19.1 Å². The third kappa shape index (κ3) is 2.23. The zero-order valence-corrected chi connectivity index (χ0v) is 10.2. The second kappa shape index (κ2) is 4.80. The minimum atomic E-state index is -0.779. The number of aromatic nitrogens is 1. The van der Waals surface area contributed by atoms with E-state index in [1.807, 2.05) is 12.1 Å². The molecule has 0 aliphatic carbocycles. The lowest BCUT2D eigenvalue weighted by molar-refractivity contribution is 0.147. The van der Waals surface area contributed by atoms with Gasteiger partial charge in [-0.3, -0.25) is 4.98 Å². The van der Waals surface area contributed by atoms with Crippen LogP contribution in [0.15, 0.2) is 30.5 Å². The van der Waals surface area contributed by atoms with Crippen LogP contribution in [0.2, 0.25) is 0 Å². The predicted molar refractivity (Wildman–Crippen MR) is 72.4 cm³/mol. The molecule has 0 radical (unpaired) electrons. The van der Waals surface area contributed by atoms with Crippen molar-refractivity contribution in [3.8, 4) is 0 Å². The number of pyridine rings is 1. The van der Waals surface area contributed by atoms with Crippen LogP contribution in [0.25, 0.3) is 10.9 Å². The summed E-state index contributed by atoms with van der Waals surface area (Å²) in [4.78, 5) is 4.23. The molecule has 0 saturated heterocycles. The van der Waals surface area contributed by atoms with Gasteiger partial charge in [-0.2, -0.15) is 0 Å². The first-order chi connectivity index (χ1) is 8.59. The molecule has 0 aliphatic rings. The summed E-state index contributed by atoms with van der Waals surface area (Å²) in [6.07, 6.45) is 1.65. The van der Waals surface area contributed by atoms with Crippen LogP contribution in [-0.4, -0.2) is 33.9 Å². The molecule has 0 aliphatic heterocycles. The number of nitrogens with two attached hydrogens (primary N) is 1. The van der Waals surface area contributed by atoms with E-state index in [2.05, 4.69) is 10.3 Å². The highest BCUT2D eigenvalue weighted by atomic mass is 16.3. The van der Waals surface area contributed by atoms with Crippen LogP contribution >= 0.6 is 0 Å². The van der Waals surface area contributed by atoms with Gasteiger partial charge in [-0.1, -0.05) is 12.1 Å². The van der Waals surface area contributed by atoms with Crippen LogP contribution in [0.5, 0.6) is 0 Å². The molecule has 0 atom stereocenters. The van der Waals surface area contributed by atoms with Gasteiger partial charge in [0.2, 0.25) is 0 Å². The van der Waals surface area contributed by atoms with Gasteiger partial charge in [0.25, 0.3) is 0 Å². The van der Waals surface area contributed by atoms with Crippen LogP contribution in [0, 0.1) is 0 Å². The maximum absolute atomic E-state index is 9.31. The SMILES string of the molecule is CC(CO)(CO)Nc1ccnc2c(N)cccc12. The number of aliphatic hydroxyl groups is 2. The summed E-state index contributed by atoms with van der Waals surface area (Å²) in [5, 5.41) is 22.6. The third-order valence-corrected chi connectivity index (χ3v) is 2.94. The predicted octanol–water partition coefficient (Wildman–Crippen LogP) is 0.972. The molecule has 1 aromatic heterocycles. The van der Waals surface area contributed by atoms with Gasteiger partial charge < -0.3 is 21.3 Å². The highest BCUT2D eigenvalue weighted by Gasteiger charge is 2.22. The van der Waals surface area contributed by atoms with Gasteiger partial charge in [0.05, 0.1) is 30.0 Å². The maximum atomic E-state index is 9.31. The summed E-state index contributed by atoms with van der Waals surface area (Å²) >= 11 is 0.